The lowest BCUT2D eigenvalue weighted by Gasteiger charge is -2.14. The van der Waals surface area contributed by atoms with E-state index in [1.165, 1.54) is 16.0 Å². The Morgan fingerprint density at radius 1 is 1.44 bits per heavy atom. The van der Waals surface area contributed by atoms with E-state index in [1.807, 2.05) is 6.92 Å². The van der Waals surface area contributed by atoms with E-state index >= 15 is 0 Å². The second-order valence-corrected chi connectivity index (χ2v) is 5.36. The molecule has 1 atom stereocenters. The van der Waals surface area contributed by atoms with Gasteiger partial charge in [-0.25, -0.2) is 0 Å². The number of hydrogen-bond acceptors (Lipinski definition) is 2. The molecule has 1 rings (SSSR count). The van der Waals surface area contributed by atoms with Gasteiger partial charge in [0.1, 0.15) is 0 Å². The predicted octanol–water partition coefficient (Wildman–Crippen LogP) is 3.65. The summed E-state index contributed by atoms with van der Waals surface area (Å²) in [5.74, 6) is -0.718. The van der Waals surface area contributed by atoms with Gasteiger partial charge in [0.05, 0.1) is 6.42 Å². The summed E-state index contributed by atoms with van der Waals surface area (Å²) in [6.45, 7) is 6.17. The van der Waals surface area contributed by atoms with E-state index in [2.05, 4.69) is 32.0 Å². The average Bonchev–Trinajstić information content (AvgIpc) is 2.20. The Labute approximate surface area is 101 Å². The molecular weight excluding hydrogens is 220 g/mol. The zero-order valence-corrected chi connectivity index (χ0v) is 10.8. The van der Waals surface area contributed by atoms with Gasteiger partial charge in [-0.1, -0.05) is 24.6 Å². The molecule has 0 aliphatic rings. The molecule has 0 aliphatic heterocycles. The quantitative estimate of drug-likeness (QED) is 0.796. The summed E-state index contributed by atoms with van der Waals surface area (Å²) >= 11 is 1.67. The van der Waals surface area contributed by atoms with Gasteiger partial charge in [0.2, 0.25) is 0 Å². The summed E-state index contributed by atoms with van der Waals surface area (Å²) in [7, 11) is 0. The largest absolute Gasteiger partial charge is 0.481 e. The first-order chi connectivity index (χ1) is 7.52. The molecule has 0 amide bonds. The highest BCUT2D eigenvalue weighted by molar-refractivity contribution is 8.00. The summed E-state index contributed by atoms with van der Waals surface area (Å²) in [4.78, 5) is 11.9. The number of thioether (sulfide) groups is 1. The molecule has 2 nitrogen and oxygen atoms in total. The van der Waals surface area contributed by atoms with Crippen molar-refractivity contribution in [3.05, 3.63) is 29.3 Å². The Kier molecular flexibility index (Phi) is 4.87. The van der Waals surface area contributed by atoms with Gasteiger partial charge < -0.3 is 5.11 Å². The van der Waals surface area contributed by atoms with Crippen LogP contribution in [0.15, 0.2) is 23.1 Å². The molecule has 0 saturated carbocycles. The van der Waals surface area contributed by atoms with Crippen LogP contribution in [-0.2, 0) is 4.79 Å². The van der Waals surface area contributed by atoms with Gasteiger partial charge in [-0.15, -0.1) is 11.8 Å². The summed E-state index contributed by atoms with van der Waals surface area (Å²) in [6, 6.07) is 6.29. The van der Waals surface area contributed by atoms with Crippen molar-refractivity contribution in [1.82, 2.24) is 0 Å². The van der Waals surface area contributed by atoms with E-state index < -0.39 is 5.97 Å². The van der Waals surface area contributed by atoms with Crippen LogP contribution < -0.4 is 0 Å². The summed E-state index contributed by atoms with van der Waals surface area (Å²) in [5.41, 5.74) is 2.47. The van der Waals surface area contributed by atoms with Crippen molar-refractivity contribution in [2.45, 2.75) is 43.8 Å². The maximum Gasteiger partial charge on any atom is 0.304 e. The Hall–Kier alpha value is -0.960. The number of carbonyl (C=O) groups is 1. The van der Waals surface area contributed by atoms with Crippen LogP contribution in [0.3, 0.4) is 0 Å². The summed E-state index contributed by atoms with van der Waals surface area (Å²) in [5, 5.41) is 8.96. The maximum absolute atomic E-state index is 10.7. The number of aryl methyl sites for hydroxylation is 2. The van der Waals surface area contributed by atoms with Gasteiger partial charge in [0.25, 0.3) is 0 Å². The topological polar surface area (TPSA) is 37.3 Å². The van der Waals surface area contributed by atoms with Crippen LogP contribution in [0.1, 0.15) is 30.9 Å². The number of hydrogen-bond donors (Lipinski definition) is 1. The third-order valence-electron chi connectivity index (χ3n) is 2.48. The van der Waals surface area contributed by atoms with Crippen LogP contribution in [0.4, 0.5) is 0 Å². The molecular formula is C13H18O2S. The fourth-order valence-electron chi connectivity index (χ4n) is 1.58. The van der Waals surface area contributed by atoms with Crippen molar-refractivity contribution >= 4 is 17.7 Å². The molecule has 0 bridgehead atoms. The fraction of sp³-hybridized carbons (Fsp3) is 0.462. The van der Waals surface area contributed by atoms with Gasteiger partial charge in [0.15, 0.2) is 0 Å². The van der Waals surface area contributed by atoms with E-state index in [9.17, 15) is 4.79 Å². The van der Waals surface area contributed by atoms with E-state index in [0.29, 0.717) is 0 Å². The third kappa shape index (κ3) is 3.89. The maximum atomic E-state index is 10.7. The van der Waals surface area contributed by atoms with Gasteiger partial charge in [-0.3, -0.25) is 4.79 Å². The Morgan fingerprint density at radius 2 is 2.12 bits per heavy atom. The number of benzene rings is 1. The molecule has 0 saturated heterocycles. The SMILES string of the molecule is CCC(CC(=O)O)Sc1ccc(C)cc1C. The zero-order chi connectivity index (χ0) is 12.1. The molecule has 0 aromatic heterocycles. The highest BCUT2D eigenvalue weighted by Gasteiger charge is 2.13. The monoisotopic (exact) mass is 238 g/mol. The third-order valence-corrected chi connectivity index (χ3v) is 4.03. The lowest BCUT2D eigenvalue weighted by molar-refractivity contribution is -0.136. The molecule has 1 aromatic carbocycles. The van der Waals surface area contributed by atoms with Gasteiger partial charge in [-0.2, -0.15) is 0 Å². The highest BCUT2D eigenvalue weighted by Crippen LogP contribution is 2.30. The minimum absolute atomic E-state index is 0.166. The van der Waals surface area contributed by atoms with Gasteiger partial charge >= 0.3 is 5.97 Å². The molecule has 1 N–H and O–H groups in total. The fourth-order valence-corrected chi connectivity index (χ4v) is 2.72. The van der Waals surface area contributed by atoms with E-state index in [-0.39, 0.29) is 11.7 Å². The minimum Gasteiger partial charge on any atom is -0.481 e. The van der Waals surface area contributed by atoms with Crippen molar-refractivity contribution < 1.29 is 9.90 Å². The molecule has 16 heavy (non-hydrogen) atoms. The van der Waals surface area contributed by atoms with Crippen LogP contribution in [0.25, 0.3) is 0 Å². The first-order valence-electron chi connectivity index (χ1n) is 5.48. The average molecular weight is 238 g/mol. The number of aliphatic carboxylic acids is 1. The van der Waals surface area contributed by atoms with Crippen LogP contribution >= 0.6 is 11.8 Å². The highest BCUT2D eigenvalue weighted by atomic mass is 32.2. The Morgan fingerprint density at radius 3 is 2.62 bits per heavy atom. The van der Waals surface area contributed by atoms with E-state index in [0.717, 1.165) is 6.42 Å². The lowest BCUT2D eigenvalue weighted by atomic mass is 10.2. The van der Waals surface area contributed by atoms with Gasteiger partial charge in [-0.05, 0) is 31.9 Å². The van der Waals surface area contributed by atoms with Gasteiger partial charge in [0, 0.05) is 10.1 Å². The zero-order valence-electron chi connectivity index (χ0n) is 9.99. The van der Waals surface area contributed by atoms with Crippen molar-refractivity contribution in [3.8, 4) is 0 Å². The van der Waals surface area contributed by atoms with Crippen LogP contribution in [0, 0.1) is 13.8 Å². The molecule has 88 valence electrons. The number of carboxylic acids is 1. The van der Waals surface area contributed by atoms with Crippen molar-refractivity contribution in [2.24, 2.45) is 0 Å². The van der Waals surface area contributed by atoms with Crippen molar-refractivity contribution in [2.75, 3.05) is 0 Å². The first kappa shape index (κ1) is 13.1. The molecule has 1 unspecified atom stereocenters. The first-order valence-corrected chi connectivity index (χ1v) is 6.36. The molecule has 0 radical (unpaired) electrons. The van der Waals surface area contributed by atoms with Crippen molar-refractivity contribution in [1.29, 1.82) is 0 Å². The molecule has 0 aliphatic carbocycles. The van der Waals surface area contributed by atoms with Crippen LogP contribution in [-0.4, -0.2) is 16.3 Å². The summed E-state index contributed by atoms with van der Waals surface area (Å²) in [6.07, 6.45) is 1.11. The molecule has 1 aromatic rings. The van der Waals surface area contributed by atoms with Crippen molar-refractivity contribution in [3.63, 3.8) is 0 Å². The van der Waals surface area contributed by atoms with Crippen LogP contribution in [0.2, 0.25) is 0 Å². The molecule has 0 spiro atoms. The number of carboxylic acid groups (broad SMARTS) is 1. The molecule has 0 heterocycles. The minimum atomic E-state index is -0.718. The number of rotatable bonds is 5. The lowest BCUT2D eigenvalue weighted by Crippen LogP contribution is -2.08. The molecule has 0 fully saturated rings. The smallest absolute Gasteiger partial charge is 0.304 e. The standard InChI is InChI=1S/C13H18O2S/c1-4-11(8-13(14)15)16-12-6-5-9(2)7-10(12)3/h5-7,11H,4,8H2,1-3H3,(H,14,15). The second-order valence-electron chi connectivity index (χ2n) is 4.01. The predicted molar refractivity (Wildman–Crippen MR) is 68.1 cm³/mol. The van der Waals surface area contributed by atoms with E-state index in [1.54, 1.807) is 11.8 Å². The normalized spacial score (nSPS) is 12.4. The van der Waals surface area contributed by atoms with E-state index in [4.69, 9.17) is 5.11 Å². The van der Waals surface area contributed by atoms with Crippen LogP contribution in [0.5, 0.6) is 0 Å². The Balaban J connectivity index is 2.73. The molecule has 3 heteroatoms. The Bertz CT molecular complexity index is 374. The second kappa shape index (κ2) is 5.94. The summed E-state index contributed by atoms with van der Waals surface area (Å²) < 4.78 is 0.